The van der Waals surface area contributed by atoms with Crippen molar-refractivity contribution in [2.45, 2.75) is 0 Å². The predicted octanol–water partition coefficient (Wildman–Crippen LogP) is 5.41. The van der Waals surface area contributed by atoms with Crippen molar-refractivity contribution in [1.29, 1.82) is 0 Å². The molecule has 0 saturated heterocycles. The van der Waals surface area contributed by atoms with Gasteiger partial charge in [-0.2, -0.15) is 0 Å². The molecule has 2 nitrogen and oxygen atoms in total. The Bertz CT molecular complexity index is 861. The smallest absolute Gasteiger partial charge is 0.184 e. The first-order valence-electron chi connectivity index (χ1n) is 8.71. The first-order valence-corrected chi connectivity index (χ1v) is 8.71. The largest absolute Gasteiger partial charge is 0.356 e. The van der Waals surface area contributed by atoms with Crippen LogP contribution in [0.25, 0.3) is 11.1 Å². The van der Waals surface area contributed by atoms with E-state index >= 15 is 0 Å². The molecule has 0 heterocycles. The van der Waals surface area contributed by atoms with Gasteiger partial charge in [-0.1, -0.05) is 48.5 Å². The summed E-state index contributed by atoms with van der Waals surface area (Å²) in [5.74, 6) is 0. The maximum absolute atomic E-state index is 3.41. The molecular weight excluding hydrogens is 316 g/mol. The van der Waals surface area contributed by atoms with E-state index in [4.69, 9.17) is 0 Å². The van der Waals surface area contributed by atoms with E-state index in [2.05, 4.69) is 83.4 Å². The quantitative estimate of drug-likeness (QED) is 0.501. The van der Waals surface area contributed by atoms with Gasteiger partial charge in [-0.05, 0) is 47.5 Å². The van der Waals surface area contributed by atoms with E-state index in [0.717, 1.165) is 22.7 Å². The number of benzene rings is 4. The molecule has 0 aliphatic rings. The van der Waals surface area contributed by atoms with Crippen LogP contribution in [0.1, 0.15) is 0 Å². The van der Waals surface area contributed by atoms with E-state index in [0.29, 0.717) is 0 Å². The fourth-order valence-corrected chi connectivity index (χ4v) is 2.87. The summed E-state index contributed by atoms with van der Waals surface area (Å²) < 4.78 is 0. The van der Waals surface area contributed by atoms with Gasteiger partial charge in [-0.3, -0.25) is 0 Å². The minimum atomic E-state index is 1.09. The zero-order valence-corrected chi connectivity index (χ0v) is 14.4. The van der Waals surface area contributed by atoms with Crippen molar-refractivity contribution in [3.8, 4) is 11.1 Å². The third-order valence-electron chi connectivity index (χ3n) is 4.23. The summed E-state index contributed by atoms with van der Waals surface area (Å²) in [4.78, 5) is 0. The molecule has 0 aromatic heterocycles. The molecule has 4 aromatic rings. The van der Waals surface area contributed by atoms with Crippen LogP contribution < -0.4 is 10.6 Å². The maximum atomic E-state index is 3.41. The van der Waals surface area contributed by atoms with Crippen molar-refractivity contribution in [1.82, 2.24) is 0 Å². The van der Waals surface area contributed by atoms with E-state index in [1.54, 1.807) is 0 Å². The SMILES string of the molecule is c1ccc(Nc2ccc(-c3ccc([NH+]c4ccccc4)cc3)cc2)cc1. The molecule has 2 N–H and O–H groups in total. The molecule has 0 amide bonds. The van der Waals surface area contributed by atoms with Crippen LogP contribution in [0.15, 0.2) is 109 Å². The molecule has 4 aromatic carbocycles. The average Bonchev–Trinajstić information content (AvgIpc) is 2.71. The van der Waals surface area contributed by atoms with Crippen molar-refractivity contribution in [2.75, 3.05) is 5.32 Å². The Morgan fingerprint density at radius 1 is 0.423 bits per heavy atom. The number of rotatable bonds is 5. The average molecular weight is 336 g/mol. The lowest BCUT2D eigenvalue weighted by Gasteiger charge is -2.07. The summed E-state index contributed by atoms with van der Waals surface area (Å²) in [6.07, 6.45) is 0. The van der Waals surface area contributed by atoms with E-state index in [1.165, 1.54) is 11.1 Å². The minimum absolute atomic E-state index is 1.09. The van der Waals surface area contributed by atoms with Gasteiger partial charge < -0.3 is 5.32 Å². The second-order valence-electron chi connectivity index (χ2n) is 6.14. The Balaban J connectivity index is 1.45. The van der Waals surface area contributed by atoms with Crippen molar-refractivity contribution >= 4 is 22.7 Å². The summed E-state index contributed by atoms with van der Waals surface area (Å²) >= 11 is 0. The third kappa shape index (κ3) is 4.00. The Morgan fingerprint density at radius 2 is 0.885 bits per heavy atom. The molecule has 0 aliphatic carbocycles. The van der Waals surface area contributed by atoms with E-state index in [-0.39, 0.29) is 0 Å². The predicted molar refractivity (Wildman–Crippen MR) is 108 cm³/mol. The zero-order chi connectivity index (χ0) is 17.6. The molecule has 0 unspecified atom stereocenters. The first kappa shape index (κ1) is 16.1. The van der Waals surface area contributed by atoms with Crippen LogP contribution in [0.3, 0.4) is 0 Å². The fourth-order valence-electron chi connectivity index (χ4n) is 2.87. The lowest BCUT2D eigenvalue weighted by molar-refractivity contribution is -0.478. The molecule has 4 rings (SSSR count). The van der Waals surface area contributed by atoms with Crippen molar-refractivity contribution in [2.24, 2.45) is 0 Å². The second kappa shape index (κ2) is 7.68. The van der Waals surface area contributed by atoms with Crippen molar-refractivity contribution in [3.05, 3.63) is 109 Å². The topological polar surface area (TPSA) is 27.6 Å². The van der Waals surface area contributed by atoms with E-state index in [9.17, 15) is 0 Å². The van der Waals surface area contributed by atoms with Gasteiger partial charge in [-0.15, -0.1) is 5.32 Å². The molecule has 2 heteroatoms. The van der Waals surface area contributed by atoms with E-state index < -0.39 is 0 Å². The highest BCUT2D eigenvalue weighted by atomic mass is 14.9. The zero-order valence-electron chi connectivity index (χ0n) is 14.4. The van der Waals surface area contributed by atoms with Gasteiger partial charge in [0, 0.05) is 35.6 Å². The van der Waals surface area contributed by atoms with Crippen LogP contribution in [0.2, 0.25) is 0 Å². The molecule has 0 aliphatic heterocycles. The van der Waals surface area contributed by atoms with Crippen molar-refractivity contribution in [3.63, 3.8) is 0 Å². The van der Waals surface area contributed by atoms with Crippen LogP contribution in [0.5, 0.6) is 0 Å². The van der Waals surface area contributed by atoms with Gasteiger partial charge >= 0.3 is 0 Å². The summed E-state index contributed by atoms with van der Waals surface area (Å²) in [6.45, 7) is 0. The lowest BCUT2D eigenvalue weighted by Crippen LogP contribution is -2.70. The van der Waals surface area contributed by atoms with Gasteiger partial charge in [0.2, 0.25) is 0 Å². The molecule has 0 spiro atoms. The molecule has 125 valence electrons. The first-order chi connectivity index (χ1) is 12.9. The molecule has 0 atom stereocenters. The minimum Gasteiger partial charge on any atom is -0.356 e. The monoisotopic (exact) mass is 336 g/mol. The third-order valence-corrected chi connectivity index (χ3v) is 4.23. The summed E-state index contributed by atoms with van der Waals surface area (Å²) in [7, 11) is 0. The molecular formula is C24H20N2+. The second-order valence-corrected chi connectivity index (χ2v) is 6.14. The highest BCUT2D eigenvalue weighted by molar-refractivity contribution is 5.69. The number of para-hydroxylation sites is 2. The lowest BCUT2D eigenvalue weighted by atomic mass is 10.0. The Hall–Kier alpha value is -3.36. The summed E-state index contributed by atoms with van der Waals surface area (Å²) in [5.41, 5.74) is 6.77. The maximum Gasteiger partial charge on any atom is 0.184 e. The van der Waals surface area contributed by atoms with Crippen LogP contribution in [0, 0.1) is 0 Å². The van der Waals surface area contributed by atoms with Gasteiger partial charge in [-0.25, -0.2) is 0 Å². The number of nitrogens with one attached hydrogen (secondary N) is 2. The van der Waals surface area contributed by atoms with E-state index in [1.807, 2.05) is 36.4 Å². The molecule has 0 saturated carbocycles. The fraction of sp³-hybridized carbons (Fsp3) is 0. The molecule has 0 bridgehead atoms. The van der Waals surface area contributed by atoms with Gasteiger partial charge in [0.1, 0.15) is 0 Å². The van der Waals surface area contributed by atoms with Crippen molar-refractivity contribution < 1.29 is 5.32 Å². The summed E-state index contributed by atoms with van der Waals surface area (Å²) in [5, 5.41) is 6.82. The van der Waals surface area contributed by atoms with Crippen LogP contribution in [0.4, 0.5) is 22.7 Å². The van der Waals surface area contributed by atoms with Crippen LogP contribution in [-0.2, 0) is 0 Å². The van der Waals surface area contributed by atoms with Gasteiger partial charge in [0.25, 0.3) is 0 Å². The highest BCUT2D eigenvalue weighted by Gasteiger charge is 2.05. The van der Waals surface area contributed by atoms with Crippen LogP contribution >= 0.6 is 0 Å². The normalized spacial score (nSPS) is 10.5. The molecule has 0 fully saturated rings. The standard InChI is InChI=1S/C24H20N2/c1-3-7-21(8-4-1)25-23-15-11-19(12-16-23)20-13-17-24(18-14-20)26-22-9-5-2-6-10-22/h1-18,25-26H/q+1. The van der Waals surface area contributed by atoms with Crippen LogP contribution in [-0.4, -0.2) is 0 Å². The summed E-state index contributed by atoms with van der Waals surface area (Å²) in [6, 6.07) is 37.4. The Labute approximate surface area is 154 Å². The molecule has 26 heavy (non-hydrogen) atoms. The van der Waals surface area contributed by atoms with Gasteiger partial charge in [0.05, 0.1) is 0 Å². The Kier molecular flexibility index (Phi) is 4.77. The highest BCUT2D eigenvalue weighted by Crippen LogP contribution is 2.24. The van der Waals surface area contributed by atoms with Gasteiger partial charge in [0.15, 0.2) is 11.4 Å². The molecule has 1 radical (unpaired) electrons. The Morgan fingerprint density at radius 3 is 1.50 bits per heavy atom. The number of hydrogen-bond acceptors (Lipinski definition) is 2. The number of anilines is 4. The number of hydrogen-bond donors (Lipinski definition) is 2.